The van der Waals surface area contributed by atoms with Gasteiger partial charge in [0.05, 0.1) is 11.8 Å². The molecule has 1 aromatic heterocycles. The number of hydrogen-bond donors (Lipinski definition) is 0. The maximum Gasteiger partial charge on any atom is 0.338 e. The van der Waals surface area contributed by atoms with E-state index in [4.69, 9.17) is 13.9 Å². The van der Waals surface area contributed by atoms with E-state index in [1.807, 2.05) is 0 Å². The molecule has 0 aliphatic carbocycles. The third-order valence-electron chi connectivity index (χ3n) is 3.34. The fourth-order valence-corrected chi connectivity index (χ4v) is 2.33. The van der Waals surface area contributed by atoms with Crippen LogP contribution in [0.1, 0.15) is 24.9 Å². The van der Waals surface area contributed by atoms with E-state index in [1.54, 1.807) is 13.0 Å². The van der Waals surface area contributed by atoms with E-state index in [0.29, 0.717) is 42.3 Å². The van der Waals surface area contributed by atoms with Crippen molar-refractivity contribution in [1.29, 1.82) is 0 Å². The molecule has 0 saturated carbocycles. The van der Waals surface area contributed by atoms with Crippen LogP contribution in [0.25, 0.3) is 0 Å². The number of cyclic esters (lactones) is 1. The number of hydrogen-bond acceptors (Lipinski definition) is 5. The van der Waals surface area contributed by atoms with Crippen LogP contribution in [0.5, 0.6) is 5.75 Å². The highest BCUT2D eigenvalue weighted by atomic mass is 16.6. The normalized spacial score (nSPS) is 24.4. The molecule has 0 radical (unpaired) electrons. The van der Waals surface area contributed by atoms with Crippen molar-refractivity contribution >= 4 is 11.9 Å². The maximum absolute atomic E-state index is 11.4. The van der Waals surface area contributed by atoms with Gasteiger partial charge in [-0.3, -0.25) is 4.79 Å². The van der Waals surface area contributed by atoms with Gasteiger partial charge in [0.25, 0.3) is 0 Å². The lowest BCUT2D eigenvalue weighted by molar-refractivity contribution is -0.138. The number of fused-ring (bicyclic) bond motifs is 3. The molecular weight excluding hydrogens is 236 g/mol. The molecular formula is C13H12O5. The molecule has 2 aliphatic rings. The minimum atomic E-state index is -0.474. The Morgan fingerprint density at radius 1 is 1.50 bits per heavy atom. The standard InChI is InChI=1S/C13H12O5/c1-7(2)12(15)18-8-3-10-13(4-9(8)17-10)5-11(14)16-6-13/h3H,1,4-6H2,2H3. The summed E-state index contributed by atoms with van der Waals surface area (Å²) in [6, 6.07) is 1.67. The summed E-state index contributed by atoms with van der Waals surface area (Å²) in [5, 5.41) is 0. The topological polar surface area (TPSA) is 65.7 Å². The second-order valence-corrected chi connectivity index (χ2v) is 4.86. The number of ether oxygens (including phenoxy) is 2. The Balaban J connectivity index is 1.84. The summed E-state index contributed by atoms with van der Waals surface area (Å²) in [7, 11) is 0. The Morgan fingerprint density at radius 2 is 2.28 bits per heavy atom. The predicted octanol–water partition coefficient (Wildman–Crippen LogP) is 1.50. The average molecular weight is 248 g/mol. The molecule has 1 unspecified atom stereocenters. The molecule has 1 aromatic rings. The average Bonchev–Trinajstić information content (AvgIpc) is 2.94. The zero-order chi connectivity index (χ0) is 12.9. The molecule has 18 heavy (non-hydrogen) atoms. The van der Waals surface area contributed by atoms with Gasteiger partial charge >= 0.3 is 11.9 Å². The lowest BCUT2D eigenvalue weighted by Gasteiger charge is -2.18. The fourth-order valence-electron chi connectivity index (χ4n) is 2.33. The van der Waals surface area contributed by atoms with E-state index in [9.17, 15) is 9.59 Å². The van der Waals surface area contributed by atoms with Crippen molar-refractivity contribution in [1.82, 2.24) is 0 Å². The van der Waals surface area contributed by atoms with E-state index in [0.717, 1.165) is 0 Å². The van der Waals surface area contributed by atoms with Gasteiger partial charge in [-0.1, -0.05) is 6.58 Å². The minimum Gasteiger partial charge on any atom is -0.465 e. The van der Waals surface area contributed by atoms with Crippen LogP contribution >= 0.6 is 0 Å². The second kappa shape index (κ2) is 3.48. The summed E-state index contributed by atoms with van der Waals surface area (Å²) < 4.78 is 15.7. The van der Waals surface area contributed by atoms with E-state index >= 15 is 0 Å². The highest BCUT2D eigenvalue weighted by Crippen LogP contribution is 2.48. The van der Waals surface area contributed by atoms with Crippen LogP contribution < -0.4 is 4.74 Å². The van der Waals surface area contributed by atoms with Gasteiger partial charge in [-0.05, 0) is 6.92 Å². The zero-order valence-electron chi connectivity index (χ0n) is 9.95. The maximum atomic E-state index is 11.4. The molecule has 1 spiro atoms. The number of carbonyl (C=O) groups excluding carboxylic acids is 2. The van der Waals surface area contributed by atoms with Crippen LogP contribution in [0.4, 0.5) is 0 Å². The van der Waals surface area contributed by atoms with Gasteiger partial charge in [0, 0.05) is 18.1 Å². The smallest absolute Gasteiger partial charge is 0.338 e. The summed E-state index contributed by atoms with van der Waals surface area (Å²) in [4.78, 5) is 22.6. The molecule has 1 fully saturated rings. The highest BCUT2D eigenvalue weighted by Gasteiger charge is 2.50. The van der Waals surface area contributed by atoms with Crippen LogP contribution in [0.2, 0.25) is 0 Å². The van der Waals surface area contributed by atoms with Crippen LogP contribution in [-0.2, 0) is 26.2 Å². The van der Waals surface area contributed by atoms with Crippen LogP contribution in [0, 0.1) is 0 Å². The van der Waals surface area contributed by atoms with Gasteiger partial charge in [0.2, 0.25) is 0 Å². The van der Waals surface area contributed by atoms with Crippen molar-refractivity contribution in [3.05, 3.63) is 29.7 Å². The first kappa shape index (κ1) is 11.1. The molecule has 1 atom stereocenters. The van der Waals surface area contributed by atoms with E-state index in [-0.39, 0.29) is 11.4 Å². The van der Waals surface area contributed by atoms with Gasteiger partial charge < -0.3 is 13.9 Å². The van der Waals surface area contributed by atoms with E-state index in [2.05, 4.69) is 6.58 Å². The van der Waals surface area contributed by atoms with E-state index in [1.165, 1.54) is 0 Å². The van der Waals surface area contributed by atoms with Gasteiger partial charge in [-0.25, -0.2) is 4.79 Å². The Labute approximate surface area is 103 Å². The van der Waals surface area contributed by atoms with Gasteiger partial charge in [-0.2, -0.15) is 0 Å². The molecule has 0 aromatic carbocycles. The van der Waals surface area contributed by atoms with Crippen molar-refractivity contribution in [3.63, 3.8) is 0 Å². The summed E-state index contributed by atoms with van der Waals surface area (Å²) >= 11 is 0. The van der Waals surface area contributed by atoms with Crippen LogP contribution in [0.3, 0.4) is 0 Å². The molecule has 1 saturated heterocycles. The van der Waals surface area contributed by atoms with Crippen molar-refractivity contribution in [2.45, 2.75) is 25.2 Å². The van der Waals surface area contributed by atoms with Crippen molar-refractivity contribution in [2.24, 2.45) is 0 Å². The Hall–Kier alpha value is -2.04. The monoisotopic (exact) mass is 248 g/mol. The first-order chi connectivity index (χ1) is 8.50. The largest absolute Gasteiger partial charge is 0.465 e. The molecule has 94 valence electrons. The summed E-state index contributed by atoms with van der Waals surface area (Å²) in [6.07, 6.45) is 0.868. The molecule has 5 nitrogen and oxygen atoms in total. The minimum absolute atomic E-state index is 0.215. The number of esters is 2. The third-order valence-corrected chi connectivity index (χ3v) is 3.34. The summed E-state index contributed by atoms with van der Waals surface area (Å²) in [5.41, 5.74) is -0.0377. The number of furan rings is 1. The Morgan fingerprint density at radius 3 is 2.78 bits per heavy atom. The summed E-state index contributed by atoms with van der Waals surface area (Å²) in [5.74, 6) is 0.986. The van der Waals surface area contributed by atoms with E-state index < -0.39 is 5.97 Å². The molecule has 2 bridgehead atoms. The highest BCUT2D eigenvalue weighted by molar-refractivity contribution is 5.89. The van der Waals surface area contributed by atoms with Gasteiger partial charge in [0.15, 0.2) is 5.75 Å². The lowest BCUT2D eigenvalue weighted by atomic mass is 9.79. The van der Waals surface area contributed by atoms with Crippen molar-refractivity contribution < 1.29 is 23.5 Å². The SMILES string of the molecule is C=C(C)C(=O)Oc1cc2oc1CC21COC(=O)C1. The zero-order valence-corrected chi connectivity index (χ0v) is 9.95. The first-order valence-electron chi connectivity index (χ1n) is 5.67. The molecule has 3 rings (SSSR count). The second-order valence-electron chi connectivity index (χ2n) is 4.86. The number of rotatable bonds is 2. The molecule has 2 aliphatic heterocycles. The summed E-state index contributed by atoms with van der Waals surface area (Å²) in [6.45, 7) is 5.44. The first-order valence-corrected chi connectivity index (χ1v) is 5.67. The molecule has 0 amide bonds. The number of carbonyl (C=O) groups is 2. The van der Waals surface area contributed by atoms with Gasteiger partial charge in [-0.15, -0.1) is 0 Å². The quantitative estimate of drug-likeness (QED) is 0.586. The molecule has 5 heteroatoms. The molecule has 3 heterocycles. The lowest BCUT2D eigenvalue weighted by Crippen LogP contribution is -2.27. The van der Waals surface area contributed by atoms with Crippen molar-refractivity contribution in [3.8, 4) is 5.75 Å². The van der Waals surface area contributed by atoms with Crippen molar-refractivity contribution in [2.75, 3.05) is 6.61 Å². The van der Waals surface area contributed by atoms with Gasteiger partial charge in [0.1, 0.15) is 18.1 Å². The predicted molar refractivity (Wildman–Crippen MR) is 60.1 cm³/mol. The Kier molecular flexibility index (Phi) is 2.14. The Bertz CT molecular complexity index is 568. The third kappa shape index (κ3) is 1.47. The van der Waals surface area contributed by atoms with Crippen LogP contribution in [0.15, 0.2) is 22.6 Å². The molecule has 0 N–H and O–H groups in total. The van der Waals surface area contributed by atoms with Crippen LogP contribution in [-0.4, -0.2) is 18.5 Å². The fraction of sp³-hybridized carbons (Fsp3) is 0.385.